The van der Waals surface area contributed by atoms with Crippen LogP contribution in [0.15, 0.2) is 6.07 Å². The van der Waals surface area contributed by atoms with Gasteiger partial charge >= 0.3 is 0 Å². The maximum atomic E-state index is 12.9. The maximum Gasteiger partial charge on any atom is 0.274 e. The van der Waals surface area contributed by atoms with Gasteiger partial charge in [-0.25, -0.2) is 0 Å². The molecule has 0 spiro atoms. The molecule has 6 nitrogen and oxygen atoms in total. The standard InChI is InChI=1S/C19H32N4O2/c1-5-15(24)13-21-8-10-22(11-9-21)18(25)16-12-17(14-6-7-14)23(20-16)19(2,3)4/h12,14-15,24H,5-11,13H2,1-4H3/t15-/m1/s1. The second-order valence-corrected chi connectivity index (χ2v) is 8.47. The van der Waals surface area contributed by atoms with E-state index >= 15 is 0 Å². The number of carbonyl (C=O) groups excluding carboxylic acids is 1. The van der Waals surface area contributed by atoms with Crippen molar-refractivity contribution in [3.63, 3.8) is 0 Å². The molecule has 2 aliphatic rings. The Morgan fingerprint density at radius 1 is 1.28 bits per heavy atom. The molecule has 0 aromatic carbocycles. The Morgan fingerprint density at radius 3 is 2.44 bits per heavy atom. The molecular weight excluding hydrogens is 316 g/mol. The zero-order valence-electron chi connectivity index (χ0n) is 16.0. The molecule has 2 heterocycles. The fourth-order valence-corrected chi connectivity index (χ4v) is 3.43. The van der Waals surface area contributed by atoms with Crippen LogP contribution in [0.4, 0.5) is 0 Å². The number of aromatic nitrogens is 2. The lowest BCUT2D eigenvalue weighted by Crippen LogP contribution is -2.50. The van der Waals surface area contributed by atoms with E-state index in [1.165, 1.54) is 18.5 Å². The van der Waals surface area contributed by atoms with E-state index < -0.39 is 0 Å². The molecule has 1 N–H and O–H groups in total. The van der Waals surface area contributed by atoms with Gasteiger partial charge in [0.15, 0.2) is 5.69 Å². The van der Waals surface area contributed by atoms with Crippen molar-refractivity contribution >= 4 is 5.91 Å². The van der Waals surface area contributed by atoms with E-state index in [2.05, 4.69) is 30.8 Å². The third-order valence-electron chi connectivity index (χ3n) is 5.19. The Labute approximate surface area is 150 Å². The van der Waals surface area contributed by atoms with Crippen LogP contribution in [0.2, 0.25) is 0 Å². The lowest BCUT2D eigenvalue weighted by Gasteiger charge is -2.35. The lowest BCUT2D eigenvalue weighted by atomic mass is 10.1. The molecule has 1 saturated heterocycles. The number of rotatable bonds is 5. The number of aliphatic hydroxyl groups excluding tert-OH is 1. The first kappa shape index (κ1) is 18.4. The number of hydrogen-bond donors (Lipinski definition) is 1. The molecule has 1 aliphatic carbocycles. The molecule has 3 rings (SSSR count). The molecule has 0 unspecified atom stereocenters. The van der Waals surface area contributed by atoms with Crippen molar-refractivity contribution in [2.75, 3.05) is 32.7 Å². The summed E-state index contributed by atoms with van der Waals surface area (Å²) in [4.78, 5) is 17.0. The van der Waals surface area contributed by atoms with Crippen LogP contribution in [0.1, 0.15) is 69.1 Å². The predicted octanol–water partition coefficient (Wildman–Crippen LogP) is 2.04. The van der Waals surface area contributed by atoms with E-state index in [9.17, 15) is 9.90 Å². The number of carbonyl (C=O) groups is 1. The molecule has 140 valence electrons. The highest BCUT2D eigenvalue weighted by Gasteiger charge is 2.33. The average molecular weight is 348 g/mol. The number of amides is 1. The first-order chi connectivity index (χ1) is 11.8. The zero-order chi connectivity index (χ0) is 18.2. The van der Waals surface area contributed by atoms with Gasteiger partial charge in [-0.05, 0) is 46.1 Å². The molecule has 25 heavy (non-hydrogen) atoms. The Balaban J connectivity index is 1.66. The summed E-state index contributed by atoms with van der Waals surface area (Å²) in [7, 11) is 0. The highest BCUT2D eigenvalue weighted by molar-refractivity contribution is 5.92. The fraction of sp³-hybridized carbons (Fsp3) is 0.789. The van der Waals surface area contributed by atoms with E-state index in [-0.39, 0.29) is 17.6 Å². The van der Waals surface area contributed by atoms with Crippen LogP contribution in [0.25, 0.3) is 0 Å². The molecule has 6 heteroatoms. The molecule has 0 radical (unpaired) electrons. The van der Waals surface area contributed by atoms with E-state index in [1.807, 2.05) is 22.6 Å². The molecule has 1 aromatic heterocycles. The summed E-state index contributed by atoms with van der Waals surface area (Å²) in [5, 5.41) is 14.5. The summed E-state index contributed by atoms with van der Waals surface area (Å²) in [5.41, 5.74) is 1.69. The van der Waals surface area contributed by atoms with Crippen molar-refractivity contribution in [3.05, 3.63) is 17.5 Å². The number of β-amino-alcohol motifs (C(OH)–C–C–N with tert-alkyl or cyclic N) is 1. The summed E-state index contributed by atoms with van der Waals surface area (Å²) in [6.45, 7) is 12.1. The van der Waals surface area contributed by atoms with Crippen LogP contribution in [-0.4, -0.2) is 69.4 Å². The second-order valence-electron chi connectivity index (χ2n) is 8.47. The predicted molar refractivity (Wildman–Crippen MR) is 97.8 cm³/mol. The minimum atomic E-state index is -0.272. The monoisotopic (exact) mass is 348 g/mol. The Bertz CT molecular complexity index is 607. The van der Waals surface area contributed by atoms with Gasteiger partial charge in [0.2, 0.25) is 0 Å². The molecule has 1 aliphatic heterocycles. The summed E-state index contributed by atoms with van der Waals surface area (Å²) >= 11 is 0. The minimum Gasteiger partial charge on any atom is -0.392 e. The first-order valence-corrected chi connectivity index (χ1v) is 9.59. The van der Waals surface area contributed by atoms with Crippen molar-refractivity contribution in [1.29, 1.82) is 0 Å². The van der Waals surface area contributed by atoms with Gasteiger partial charge in [0.05, 0.1) is 11.6 Å². The zero-order valence-corrected chi connectivity index (χ0v) is 16.0. The fourth-order valence-electron chi connectivity index (χ4n) is 3.43. The van der Waals surface area contributed by atoms with Crippen LogP contribution in [0.3, 0.4) is 0 Å². The van der Waals surface area contributed by atoms with Crippen LogP contribution < -0.4 is 0 Å². The van der Waals surface area contributed by atoms with Gasteiger partial charge in [0.25, 0.3) is 5.91 Å². The second kappa shape index (κ2) is 7.08. The highest BCUT2D eigenvalue weighted by Crippen LogP contribution is 2.41. The van der Waals surface area contributed by atoms with Crippen molar-refractivity contribution in [3.8, 4) is 0 Å². The van der Waals surface area contributed by atoms with Gasteiger partial charge in [-0.3, -0.25) is 14.4 Å². The third-order valence-corrected chi connectivity index (χ3v) is 5.19. The third kappa shape index (κ3) is 4.23. The topological polar surface area (TPSA) is 61.6 Å². The number of hydrogen-bond acceptors (Lipinski definition) is 4. The molecule has 2 fully saturated rings. The Morgan fingerprint density at radius 2 is 1.92 bits per heavy atom. The van der Waals surface area contributed by atoms with Crippen LogP contribution in [0, 0.1) is 0 Å². The van der Waals surface area contributed by atoms with E-state index in [0.29, 0.717) is 31.2 Å². The summed E-state index contributed by atoms with van der Waals surface area (Å²) in [6, 6.07) is 2.01. The minimum absolute atomic E-state index is 0.0422. The number of piperazine rings is 1. The highest BCUT2D eigenvalue weighted by atomic mass is 16.3. The van der Waals surface area contributed by atoms with Gasteiger partial charge in [-0.1, -0.05) is 6.92 Å². The van der Waals surface area contributed by atoms with E-state index in [4.69, 9.17) is 0 Å². The largest absolute Gasteiger partial charge is 0.392 e. The molecule has 1 saturated carbocycles. The first-order valence-electron chi connectivity index (χ1n) is 9.59. The van der Waals surface area contributed by atoms with Gasteiger partial charge in [0, 0.05) is 44.3 Å². The molecule has 1 aromatic rings. The summed E-state index contributed by atoms with van der Waals surface area (Å²) in [6.07, 6.45) is 2.90. The normalized spacial score (nSPS) is 20.8. The summed E-state index contributed by atoms with van der Waals surface area (Å²) in [5.74, 6) is 0.612. The molecule has 1 atom stereocenters. The molecule has 1 amide bonds. The van der Waals surface area contributed by atoms with E-state index in [1.54, 1.807) is 0 Å². The molecular formula is C19H32N4O2. The average Bonchev–Trinajstić information content (AvgIpc) is 3.31. The van der Waals surface area contributed by atoms with Crippen LogP contribution in [0.5, 0.6) is 0 Å². The Hall–Kier alpha value is -1.40. The SMILES string of the molecule is CC[C@@H](O)CN1CCN(C(=O)c2cc(C3CC3)n(C(C)(C)C)n2)CC1. The smallest absolute Gasteiger partial charge is 0.274 e. The van der Waals surface area contributed by atoms with Gasteiger partial charge in [-0.2, -0.15) is 5.10 Å². The van der Waals surface area contributed by atoms with Gasteiger partial charge in [0.1, 0.15) is 0 Å². The van der Waals surface area contributed by atoms with Gasteiger partial charge < -0.3 is 10.0 Å². The molecule has 0 bridgehead atoms. The maximum absolute atomic E-state index is 12.9. The van der Waals surface area contributed by atoms with Crippen molar-refractivity contribution < 1.29 is 9.90 Å². The lowest BCUT2D eigenvalue weighted by molar-refractivity contribution is 0.0518. The van der Waals surface area contributed by atoms with Crippen LogP contribution >= 0.6 is 0 Å². The number of nitrogens with zero attached hydrogens (tertiary/aromatic N) is 4. The van der Waals surface area contributed by atoms with Gasteiger partial charge in [-0.15, -0.1) is 0 Å². The van der Waals surface area contributed by atoms with Crippen molar-refractivity contribution in [1.82, 2.24) is 19.6 Å². The Kier molecular flexibility index (Phi) is 5.21. The quantitative estimate of drug-likeness (QED) is 0.885. The number of aliphatic hydroxyl groups is 1. The summed E-state index contributed by atoms with van der Waals surface area (Å²) < 4.78 is 2.05. The van der Waals surface area contributed by atoms with Crippen molar-refractivity contribution in [2.45, 2.75) is 64.5 Å². The van der Waals surface area contributed by atoms with Crippen molar-refractivity contribution in [2.24, 2.45) is 0 Å². The van der Waals surface area contributed by atoms with Crippen LogP contribution in [-0.2, 0) is 5.54 Å². The van der Waals surface area contributed by atoms with E-state index in [0.717, 1.165) is 19.5 Å².